The van der Waals surface area contributed by atoms with Gasteiger partial charge in [-0.25, -0.2) is 4.39 Å². The Morgan fingerprint density at radius 1 is 1.15 bits per heavy atom. The standard InChI is InChI=1S/C34H44FN3O3/c1-21-17-26(34(4,5)6)19-27(18-21)37-32(40)28-10-8-16-38(33(41)30-22(2)9-7-11-29(30)35)31(28)25-14-12-24(13-15-25)20-36-23(3)39/h7,9,11-15,17,19,21,28,31,33,41H,8,10,16,18,20H2,1-6H3,(H,36,39)(H,37,40)/t21?,28?,31-,33?/m0/s1. The second-order valence-electron chi connectivity index (χ2n) is 12.6. The number of likely N-dealkylation sites (tertiary alicyclic amines) is 1. The number of halogens is 1. The molecule has 1 fully saturated rings. The molecule has 1 saturated heterocycles. The molecule has 0 aromatic heterocycles. The molecule has 0 radical (unpaired) electrons. The smallest absolute Gasteiger partial charge is 0.229 e. The molecule has 3 N–H and O–H groups in total. The number of aliphatic hydroxyl groups excluding tert-OH is 1. The highest BCUT2D eigenvalue weighted by molar-refractivity contribution is 5.81. The van der Waals surface area contributed by atoms with Crippen molar-refractivity contribution in [1.29, 1.82) is 0 Å². The van der Waals surface area contributed by atoms with Crippen LogP contribution >= 0.6 is 0 Å². The number of amides is 2. The minimum Gasteiger partial charge on any atom is -0.374 e. The molecule has 3 unspecified atom stereocenters. The number of hydrogen-bond acceptors (Lipinski definition) is 4. The molecule has 2 amide bonds. The fourth-order valence-corrected chi connectivity index (χ4v) is 6.00. The highest BCUT2D eigenvalue weighted by atomic mass is 19.1. The van der Waals surface area contributed by atoms with Crippen LogP contribution in [0.3, 0.4) is 0 Å². The summed E-state index contributed by atoms with van der Waals surface area (Å²) < 4.78 is 15.0. The molecule has 1 heterocycles. The summed E-state index contributed by atoms with van der Waals surface area (Å²) in [7, 11) is 0. The number of benzene rings is 2. The lowest BCUT2D eigenvalue weighted by Gasteiger charge is -2.44. The SMILES string of the molecule is CC(=O)NCc1ccc([C@H]2C(C(=O)NC3=CC(C(C)(C)C)=CC(C)C3)CCCN2C(O)c2c(C)cccc2F)cc1. The predicted molar refractivity (Wildman–Crippen MR) is 160 cm³/mol. The van der Waals surface area contributed by atoms with Crippen LogP contribution in [0.5, 0.6) is 0 Å². The molecule has 41 heavy (non-hydrogen) atoms. The van der Waals surface area contributed by atoms with Crippen molar-refractivity contribution >= 4 is 11.8 Å². The molecule has 2 aromatic carbocycles. The number of piperidine rings is 1. The van der Waals surface area contributed by atoms with Crippen LogP contribution in [0.2, 0.25) is 0 Å². The number of rotatable bonds is 7. The lowest BCUT2D eigenvalue weighted by Crippen LogP contribution is -2.47. The summed E-state index contributed by atoms with van der Waals surface area (Å²) in [6.45, 7) is 12.9. The van der Waals surface area contributed by atoms with E-state index in [0.717, 1.165) is 23.2 Å². The first-order valence-corrected chi connectivity index (χ1v) is 14.6. The molecule has 0 saturated carbocycles. The first-order chi connectivity index (χ1) is 19.3. The zero-order valence-electron chi connectivity index (χ0n) is 25.1. The average Bonchev–Trinajstić information content (AvgIpc) is 2.90. The van der Waals surface area contributed by atoms with Gasteiger partial charge in [0.2, 0.25) is 11.8 Å². The minimum atomic E-state index is -1.21. The molecule has 7 heteroatoms. The summed E-state index contributed by atoms with van der Waals surface area (Å²) in [5.74, 6) is -0.801. The molecule has 2 aromatic rings. The van der Waals surface area contributed by atoms with Gasteiger partial charge in [0.25, 0.3) is 0 Å². The van der Waals surface area contributed by atoms with Crippen LogP contribution in [-0.2, 0) is 16.1 Å². The largest absolute Gasteiger partial charge is 0.374 e. The van der Waals surface area contributed by atoms with Gasteiger partial charge in [-0.15, -0.1) is 0 Å². The Kier molecular flexibility index (Phi) is 9.50. The Morgan fingerprint density at radius 2 is 1.85 bits per heavy atom. The van der Waals surface area contributed by atoms with E-state index in [9.17, 15) is 14.7 Å². The number of hydrogen-bond donors (Lipinski definition) is 3. The molecule has 1 aliphatic heterocycles. The second kappa shape index (κ2) is 12.7. The topological polar surface area (TPSA) is 81.7 Å². The van der Waals surface area contributed by atoms with Crippen molar-refractivity contribution in [2.45, 2.75) is 79.6 Å². The number of allylic oxidation sites excluding steroid dienone is 4. The van der Waals surface area contributed by atoms with Crippen molar-refractivity contribution in [3.05, 3.63) is 94.0 Å². The van der Waals surface area contributed by atoms with Gasteiger partial charge < -0.3 is 15.7 Å². The van der Waals surface area contributed by atoms with Gasteiger partial charge in [-0.05, 0) is 71.9 Å². The minimum absolute atomic E-state index is 0.0322. The van der Waals surface area contributed by atoms with E-state index in [4.69, 9.17) is 0 Å². The van der Waals surface area contributed by atoms with Crippen molar-refractivity contribution in [2.24, 2.45) is 17.3 Å². The monoisotopic (exact) mass is 561 g/mol. The summed E-state index contributed by atoms with van der Waals surface area (Å²) in [6, 6.07) is 12.1. The predicted octanol–water partition coefficient (Wildman–Crippen LogP) is 6.23. The van der Waals surface area contributed by atoms with Gasteiger partial charge in [-0.3, -0.25) is 14.5 Å². The maximum absolute atomic E-state index is 15.0. The zero-order chi connectivity index (χ0) is 29.9. The first kappa shape index (κ1) is 30.7. The lowest BCUT2D eigenvalue weighted by molar-refractivity contribution is -0.133. The molecule has 4 rings (SSSR count). The first-order valence-electron chi connectivity index (χ1n) is 14.6. The molecule has 2 aliphatic rings. The van der Waals surface area contributed by atoms with Gasteiger partial charge in [0.1, 0.15) is 12.0 Å². The molecule has 1 aliphatic carbocycles. The van der Waals surface area contributed by atoms with Crippen LogP contribution in [0, 0.1) is 30.0 Å². The Bertz CT molecular complexity index is 1310. The summed E-state index contributed by atoms with van der Waals surface area (Å²) in [5.41, 5.74) is 4.78. The Labute approximate surface area is 243 Å². The fraction of sp³-hybridized carbons (Fsp3) is 0.471. The fourth-order valence-electron chi connectivity index (χ4n) is 6.00. The van der Waals surface area contributed by atoms with E-state index in [2.05, 4.69) is 50.5 Å². The molecule has 0 bridgehead atoms. The summed E-state index contributed by atoms with van der Waals surface area (Å²) in [5, 5.41) is 17.7. The number of carbonyl (C=O) groups excluding carboxylic acids is 2. The molecule has 220 valence electrons. The highest BCUT2D eigenvalue weighted by Gasteiger charge is 2.41. The summed E-state index contributed by atoms with van der Waals surface area (Å²) >= 11 is 0. The maximum atomic E-state index is 15.0. The molecular formula is C34H44FN3O3. The normalized spacial score (nSPS) is 22.4. The van der Waals surface area contributed by atoms with Gasteiger partial charge in [-0.1, -0.05) is 70.2 Å². The van der Waals surface area contributed by atoms with Crippen molar-refractivity contribution in [3.63, 3.8) is 0 Å². The van der Waals surface area contributed by atoms with Gasteiger partial charge in [0, 0.05) is 37.3 Å². The van der Waals surface area contributed by atoms with Crippen molar-refractivity contribution in [1.82, 2.24) is 15.5 Å². The number of nitrogens with one attached hydrogen (secondary N) is 2. The van der Waals surface area contributed by atoms with Crippen molar-refractivity contribution in [2.75, 3.05) is 6.54 Å². The third-order valence-electron chi connectivity index (χ3n) is 8.20. The zero-order valence-corrected chi connectivity index (χ0v) is 25.1. The molecule has 0 spiro atoms. The second-order valence-corrected chi connectivity index (χ2v) is 12.6. The van der Waals surface area contributed by atoms with E-state index in [1.807, 2.05) is 29.2 Å². The Balaban J connectivity index is 1.68. The Hall–Kier alpha value is -3.29. The lowest BCUT2D eigenvalue weighted by atomic mass is 9.80. The average molecular weight is 562 g/mol. The van der Waals surface area contributed by atoms with Gasteiger partial charge in [-0.2, -0.15) is 0 Å². The van der Waals surface area contributed by atoms with Gasteiger partial charge in [0.15, 0.2) is 0 Å². The Morgan fingerprint density at radius 3 is 2.49 bits per heavy atom. The van der Waals surface area contributed by atoms with E-state index in [1.165, 1.54) is 18.6 Å². The van der Waals surface area contributed by atoms with Gasteiger partial charge in [0.05, 0.1) is 5.92 Å². The third kappa shape index (κ3) is 7.32. The molecule has 4 atom stereocenters. The van der Waals surface area contributed by atoms with Crippen molar-refractivity contribution in [3.8, 4) is 0 Å². The van der Waals surface area contributed by atoms with Crippen LogP contribution in [-0.4, -0.2) is 28.4 Å². The van der Waals surface area contributed by atoms with Crippen LogP contribution in [0.1, 0.15) is 88.4 Å². The molecule has 6 nitrogen and oxygen atoms in total. The van der Waals surface area contributed by atoms with Crippen LogP contribution in [0.15, 0.2) is 65.9 Å². The van der Waals surface area contributed by atoms with E-state index >= 15 is 4.39 Å². The number of aliphatic hydroxyl groups is 1. The van der Waals surface area contributed by atoms with E-state index in [-0.39, 0.29) is 22.8 Å². The van der Waals surface area contributed by atoms with E-state index < -0.39 is 24.0 Å². The number of nitrogens with zero attached hydrogens (tertiary/aromatic N) is 1. The molecular weight excluding hydrogens is 517 g/mol. The van der Waals surface area contributed by atoms with Gasteiger partial charge >= 0.3 is 0 Å². The third-order valence-corrected chi connectivity index (χ3v) is 8.20. The summed E-state index contributed by atoms with van der Waals surface area (Å²) in [6.07, 6.45) is 5.26. The summed E-state index contributed by atoms with van der Waals surface area (Å²) in [4.78, 5) is 27.2. The number of carbonyl (C=O) groups is 2. The number of aryl methyl sites for hydroxylation is 1. The van der Waals surface area contributed by atoms with E-state index in [0.29, 0.717) is 37.4 Å². The highest BCUT2D eigenvalue weighted by Crippen LogP contribution is 2.42. The van der Waals surface area contributed by atoms with Crippen LogP contribution in [0.25, 0.3) is 0 Å². The van der Waals surface area contributed by atoms with Crippen LogP contribution < -0.4 is 10.6 Å². The maximum Gasteiger partial charge on any atom is 0.229 e. The van der Waals surface area contributed by atoms with Crippen molar-refractivity contribution < 1.29 is 19.1 Å². The quantitative estimate of drug-likeness (QED) is 0.375. The van der Waals surface area contributed by atoms with Crippen LogP contribution in [0.4, 0.5) is 4.39 Å². The van der Waals surface area contributed by atoms with E-state index in [1.54, 1.807) is 19.1 Å².